The number of halogens is 1. The smallest absolute Gasteiger partial charge is 0.246 e. The van der Waals surface area contributed by atoms with E-state index in [9.17, 15) is 9.18 Å². The van der Waals surface area contributed by atoms with Gasteiger partial charge in [0.2, 0.25) is 5.91 Å². The van der Waals surface area contributed by atoms with E-state index in [-0.39, 0.29) is 29.8 Å². The van der Waals surface area contributed by atoms with Gasteiger partial charge in [-0.15, -0.1) is 0 Å². The number of hydrogen-bond acceptors (Lipinski definition) is 4. The second kappa shape index (κ2) is 8.25. The van der Waals surface area contributed by atoms with Crippen LogP contribution in [0.25, 0.3) is 0 Å². The SMILES string of the molecule is COCC(=O)N[C@H]1COCCC12CCN(Cc1ccccc1F)CC2. The summed E-state index contributed by atoms with van der Waals surface area (Å²) in [6.07, 6.45) is 2.93. The molecule has 0 bridgehead atoms. The van der Waals surface area contributed by atoms with Crippen molar-refractivity contribution in [3.05, 3.63) is 35.6 Å². The van der Waals surface area contributed by atoms with Crippen LogP contribution in [0, 0.1) is 11.2 Å². The number of rotatable bonds is 5. The predicted octanol–water partition coefficient (Wildman–Crippen LogP) is 1.96. The Bertz CT molecular complexity index is 588. The molecule has 1 spiro atoms. The highest BCUT2D eigenvalue weighted by Crippen LogP contribution is 2.41. The van der Waals surface area contributed by atoms with Gasteiger partial charge in [0, 0.05) is 25.8 Å². The fourth-order valence-corrected chi connectivity index (χ4v) is 4.01. The summed E-state index contributed by atoms with van der Waals surface area (Å²) in [5.41, 5.74) is 0.822. The van der Waals surface area contributed by atoms with E-state index in [2.05, 4.69) is 10.2 Å². The molecule has 2 aliphatic heterocycles. The van der Waals surface area contributed by atoms with Crippen LogP contribution >= 0.6 is 0 Å². The van der Waals surface area contributed by atoms with Crippen LogP contribution in [0.3, 0.4) is 0 Å². The first-order chi connectivity index (χ1) is 12.1. The number of hydrogen-bond donors (Lipinski definition) is 1. The topological polar surface area (TPSA) is 50.8 Å². The summed E-state index contributed by atoms with van der Waals surface area (Å²) in [6.45, 7) is 3.83. The highest BCUT2D eigenvalue weighted by molar-refractivity contribution is 5.77. The Morgan fingerprint density at radius 2 is 2.12 bits per heavy atom. The third-order valence-electron chi connectivity index (χ3n) is 5.58. The Morgan fingerprint density at radius 1 is 1.36 bits per heavy atom. The van der Waals surface area contributed by atoms with Gasteiger partial charge < -0.3 is 14.8 Å². The van der Waals surface area contributed by atoms with Gasteiger partial charge >= 0.3 is 0 Å². The molecule has 1 aromatic carbocycles. The molecule has 0 radical (unpaired) electrons. The zero-order valence-electron chi connectivity index (χ0n) is 14.8. The van der Waals surface area contributed by atoms with E-state index in [0.717, 1.165) is 44.5 Å². The van der Waals surface area contributed by atoms with E-state index in [1.54, 1.807) is 6.07 Å². The molecule has 0 aromatic heterocycles. The Morgan fingerprint density at radius 3 is 2.84 bits per heavy atom. The van der Waals surface area contributed by atoms with E-state index in [4.69, 9.17) is 9.47 Å². The van der Waals surface area contributed by atoms with Crippen molar-refractivity contribution in [2.75, 3.05) is 40.0 Å². The minimum absolute atomic E-state index is 0.0273. The molecule has 6 heteroatoms. The first-order valence-electron chi connectivity index (χ1n) is 8.95. The van der Waals surface area contributed by atoms with Gasteiger partial charge in [-0.25, -0.2) is 4.39 Å². The van der Waals surface area contributed by atoms with Crippen LogP contribution in [0.5, 0.6) is 0 Å². The number of amides is 1. The zero-order valence-corrected chi connectivity index (χ0v) is 14.8. The van der Waals surface area contributed by atoms with E-state index >= 15 is 0 Å². The van der Waals surface area contributed by atoms with Gasteiger partial charge in [0.15, 0.2) is 0 Å². The van der Waals surface area contributed by atoms with Crippen LogP contribution in [-0.2, 0) is 20.8 Å². The van der Waals surface area contributed by atoms with Crippen molar-refractivity contribution in [2.45, 2.75) is 31.8 Å². The molecule has 0 saturated carbocycles. The van der Waals surface area contributed by atoms with E-state index < -0.39 is 0 Å². The number of methoxy groups -OCH3 is 1. The van der Waals surface area contributed by atoms with Gasteiger partial charge in [0.25, 0.3) is 0 Å². The summed E-state index contributed by atoms with van der Waals surface area (Å²) in [4.78, 5) is 14.2. The van der Waals surface area contributed by atoms with Crippen LogP contribution in [0.4, 0.5) is 4.39 Å². The molecule has 0 unspecified atom stereocenters. The van der Waals surface area contributed by atoms with E-state index in [0.29, 0.717) is 13.2 Å². The maximum Gasteiger partial charge on any atom is 0.246 e. The molecule has 25 heavy (non-hydrogen) atoms. The third-order valence-corrected chi connectivity index (χ3v) is 5.58. The number of nitrogens with one attached hydrogen (secondary N) is 1. The van der Waals surface area contributed by atoms with Crippen molar-refractivity contribution in [2.24, 2.45) is 5.41 Å². The summed E-state index contributed by atoms with van der Waals surface area (Å²) >= 11 is 0. The molecule has 1 amide bonds. The van der Waals surface area contributed by atoms with Crippen molar-refractivity contribution in [1.82, 2.24) is 10.2 Å². The average Bonchev–Trinajstić information content (AvgIpc) is 2.61. The highest BCUT2D eigenvalue weighted by Gasteiger charge is 2.44. The van der Waals surface area contributed by atoms with Gasteiger partial charge in [0.1, 0.15) is 12.4 Å². The molecule has 2 heterocycles. The standard InChI is InChI=1S/C19H27FN2O3/c1-24-14-18(23)21-17-13-25-11-8-19(17)6-9-22(10-7-19)12-15-4-2-3-5-16(15)20/h2-5,17H,6-14H2,1H3,(H,21,23)/t17-/m0/s1. The monoisotopic (exact) mass is 350 g/mol. The number of piperidine rings is 1. The lowest BCUT2D eigenvalue weighted by Crippen LogP contribution is -2.57. The molecule has 2 fully saturated rings. The minimum atomic E-state index is -0.140. The Labute approximate surface area is 148 Å². The van der Waals surface area contributed by atoms with Crippen molar-refractivity contribution in [1.29, 1.82) is 0 Å². The molecule has 1 N–H and O–H groups in total. The molecule has 1 atom stereocenters. The normalized spacial score (nSPS) is 23.5. The van der Waals surface area contributed by atoms with Crippen molar-refractivity contribution < 1.29 is 18.7 Å². The first kappa shape index (κ1) is 18.3. The molecule has 1 aromatic rings. The minimum Gasteiger partial charge on any atom is -0.379 e. The maximum atomic E-state index is 13.9. The second-order valence-electron chi connectivity index (χ2n) is 7.11. The van der Waals surface area contributed by atoms with Crippen LogP contribution < -0.4 is 5.32 Å². The predicted molar refractivity (Wildman–Crippen MR) is 92.6 cm³/mol. The van der Waals surface area contributed by atoms with Gasteiger partial charge in [-0.2, -0.15) is 0 Å². The Kier molecular flexibility index (Phi) is 6.04. The molecular weight excluding hydrogens is 323 g/mol. The lowest BCUT2D eigenvalue weighted by molar-refractivity contribution is -0.130. The van der Waals surface area contributed by atoms with E-state index in [1.807, 2.05) is 12.1 Å². The number of ether oxygens (including phenoxy) is 2. The summed E-state index contributed by atoms with van der Waals surface area (Å²) in [7, 11) is 1.52. The summed E-state index contributed by atoms with van der Waals surface area (Å²) < 4.78 is 24.4. The average molecular weight is 350 g/mol. The number of carbonyl (C=O) groups excluding carboxylic acids is 1. The summed E-state index contributed by atoms with van der Waals surface area (Å²) in [5, 5.41) is 3.09. The number of nitrogens with zero attached hydrogens (tertiary/aromatic N) is 1. The molecule has 5 nitrogen and oxygen atoms in total. The Hall–Kier alpha value is -1.50. The summed E-state index contributed by atoms with van der Waals surface area (Å²) in [5.74, 6) is -0.232. The number of benzene rings is 1. The van der Waals surface area contributed by atoms with Crippen LogP contribution in [-0.4, -0.2) is 56.9 Å². The van der Waals surface area contributed by atoms with Crippen molar-refractivity contribution >= 4 is 5.91 Å². The molecule has 2 saturated heterocycles. The Balaban J connectivity index is 1.60. The van der Waals surface area contributed by atoms with Crippen LogP contribution in [0.2, 0.25) is 0 Å². The highest BCUT2D eigenvalue weighted by atomic mass is 19.1. The fourth-order valence-electron chi connectivity index (χ4n) is 4.01. The lowest BCUT2D eigenvalue weighted by atomic mass is 9.69. The molecule has 0 aliphatic carbocycles. The number of likely N-dealkylation sites (tertiary alicyclic amines) is 1. The number of carbonyl (C=O) groups is 1. The molecule has 2 aliphatic rings. The largest absolute Gasteiger partial charge is 0.379 e. The maximum absolute atomic E-state index is 13.9. The summed E-state index contributed by atoms with van der Waals surface area (Å²) in [6, 6.07) is 6.99. The van der Waals surface area contributed by atoms with Gasteiger partial charge in [-0.1, -0.05) is 18.2 Å². The molecular formula is C19H27FN2O3. The quantitative estimate of drug-likeness (QED) is 0.882. The van der Waals surface area contributed by atoms with E-state index in [1.165, 1.54) is 13.2 Å². The van der Waals surface area contributed by atoms with Crippen LogP contribution in [0.15, 0.2) is 24.3 Å². The van der Waals surface area contributed by atoms with Crippen LogP contribution in [0.1, 0.15) is 24.8 Å². The van der Waals surface area contributed by atoms with Gasteiger partial charge in [0.05, 0.1) is 12.6 Å². The zero-order chi connectivity index (χ0) is 17.7. The lowest BCUT2D eigenvalue weighted by Gasteiger charge is -2.49. The third kappa shape index (κ3) is 4.37. The van der Waals surface area contributed by atoms with Gasteiger partial charge in [-0.05, 0) is 43.8 Å². The van der Waals surface area contributed by atoms with Crippen molar-refractivity contribution in [3.8, 4) is 0 Å². The second-order valence-corrected chi connectivity index (χ2v) is 7.11. The fraction of sp³-hybridized carbons (Fsp3) is 0.632. The molecule has 3 rings (SSSR count). The first-order valence-corrected chi connectivity index (χ1v) is 8.95. The van der Waals surface area contributed by atoms with Crippen molar-refractivity contribution in [3.63, 3.8) is 0 Å². The molecule has 138 valence electrons. The van der Waals surface area contributed by atoms with Gasteiger partial charge in [-0.3, -0.25) is 9.69 Å².